The van der Waals surface area contributed by atoms with Crippen LogP contribution in [0.1, 0.15) is 23.0 Å². The SMILES string of the molecule is CCOC(=O)c1oc2ccncc2c1C. The molecule has 2 aromatic heterocycles. The maximum absolute atomic E-state index is 11.5. The van der Waals surface area contributed by atoms with E-state index in [2.05, 4.69) is 4.98 Å². The average Bonchev–Trinajstić information content (AvgIpc) is 2.57. The van der Waals surface area contributed by atoms with Crippen LogP contribution in [-0.4, -0.2) is 17.6 Å². The van der Waals surface area contributed by atoms with E-state index in [1.165, 1.54) is 0 Å². The predicted octanol–water partition coefficient (Wildman–Crippen LogP) is 2.31. The second kappa shape index (κ2) is 3.73. The molecule has 2 aromatic rings. The van der Waals surface area contributed by atoms with Gasteiger partial charge in [-0.15, -0.1) is 0 Å². The Labute approximate surface area is 86.9 Å². The van der Waals surface area contributed by atoms with E-state index in [9.17, 15) is 4.79 Å². The minimum absolute atomic E-state index is 0.264. The summed E-state index contributed by atoms with van der Waals surface area (Å²) in [6, 6.07) is 1.73. The molecule has 15 heavy (non-hydrogen) atoms. The van der Waals surface area contributed by atoms with Gasteiger partial charge < -0.3 is 9.15 Å². The molecule has 0 atom stereocenters. The smallest absolute Gasteiger partial charge is 0.374 e. The lowest BCUT2D eigenvalue weighted by Crippen LogP contribution is -2.04. The summed E-state index contributed by atoms with van der Waals surface area (Å²) in [6.45, 7) is 3.92. The van der Waals surface area contributed by atoms with Crippen molar-refractivity contribution in [3.05, 3.63) is 29.8 Å². The van der Waals surface area contributed by atoms with Crippen LogP contribution >= 0.6 is 0 Å². The summed E-state index contributed by atoms with van der Waals surface area (Å²) in [5, 5.41) is 0.848. The molecule has 0 aliphatic rings. The van der Waals surface area contributed by atoms with Gasteiger partial charge in [-0.3, -0.25) is 4.98 Å². The maximum atomic E-state index is 11.5. The zero-order chi connectivity index (χ0) is 10.8. The van der Waals surface area contributed by atoms with Crippen LogP contribution in [0.15, 0.2) is 22.9 Å². The van der Waals surface area contributed by atoms with Crippen LogP contribution in [0.3, 0.4) is 0 Å². The summed E-state index contributed by atoms with van der Waals surface area (Å²) in [6.07, 6.45) is 3.30. The fourth-order valence-corrected chi connectivity index (χ4v) is 1.45. The van der Waals surface area contributed by atoms with Gasteiger partial charge in [0.2, 0.25) is 5.76 Å². The molecule has 0 N–H and O–H groups in total. The number of ether oxygens (including phenoxy) is 1. The standard InChI is InChI=1S/C11H11NO3/c1-3-14-11(13)10-7(2)8-6-12-5-4-9(8)15-10/h4-6H,3H2,1-2H3. The van der Waals surface area contributed by atoms with Gasteiger partial charge in [0, 0.05) is 23.3 Å². The van der Waals surface area contributed by atoms with Gasteiger partial charge in [0.15, 0.2) is 0 Å². The number of pyridine rings is 1. The van der Waals surface area contributed by atoms with Crippen LogP contribution in [0.2, 0.25) is 0 Å². The lowest BCUT2D eigenvalue weighted by atomic mass is 10.2. The lowest BCUT2D eigenvalue weighted by molar-refractivity contribution is 0.0491. The molecule has 0 radical (unpaired) electrons. The molecule has 0 fully saturated rings. The molecule has 2 heterocycles. The Morgan fingerprint density at radius 3 is 3.07 bits per heavy atom. The molecule has 0 saturated heterocycles. The number of hydrogen-bond donors (Lipinski definition) is 0. The molecule has 0 saturated carbocycles. The summed E-state index contributed by atoms with van der Waals surface area (Å²) in [7, 11) is 0. The van der Waals surface area contributed by atoms with Crippen molar-refractivity contribution in [1.82, 2.24) is 4.98 Å². The molecule has 4 heteroatoms. The van der Waals surface area contributed by atoms with Crippen LogP contribution in [0.5, 0.6) is 0 Å². The third kappa shape index (κ3) is 1.58. The molecular formula is C11H11NO3. The number of furan rings is 1. The first-order valence-electron chi connectivity index (χ1n) is 4.74. The first-order chi connectivity index (χ1) is 7.24. The highest BCUT2D eigenvalue weighted by atomic mass is 16.5. The number of nitrogens with zero attached hydrogens (tertiary/aromatic N) is 1. The van der Waals surface area contributed by atoms with Crippen molar-refractivity contribution in [2.75, 3.05) is 6.61 Å². The summed E-state index contributed by atoms with van der Waals surface area (Å²) in [5.41, 5.74) is 1.43. The number of aromatic nitrogens is 1. The first-order valence-corrected chi connectivity index (χ1v) is 4.74. The van der Waals surface area contributed by atoms with Gasteiger partial charge in [-0.2, -0.15) is 0 Å². The number of carbonyl (C=O) groups excluding carboxylic acids is 1. The van der Waals surface area contributed by atoms with Gasteiger partial charge in [0.1, 0.15) is 5.58 Å². The van der Waals surface area contributed by atoms with Gasteiger partial charge in [0.05, 0.1) is 6.61 Å². The molecule has 0 bridgehead atoms. The molecule has 0 aliphatic carbocycles. The molecule has 0 amide bonds. The normalized spacial score (nSPS) is 10.5. The van der Waals surface area contributed by atoms with E-state index in [1.54, 1.807) is 25.4 Å². The molecule has 2 rings (SSSR count). The van der Waals surface area contributed by atoms with E-state index < -0.39 is 5.97 Å². The largest absolute Gasteiger partial charge is 0.460 e. The monoisotopic (exact) mass is 205 g/mol. The molecule has 4 nitrogen and oxygen atoms in total. The second-order valence-corrected chi connectivity index (χ2v) is 3.15. The average molecular weight is 205 g/mol. The molecule has 0 unspecified atom stereocenters. The van der Waals surface area contributed by atoms with Gasteiger partial charge >= 0.3 is 5.97 Å². The second-order valence-electron chi connectivity index (χ2n) is 3.15. The van der Waals surface area contributed by atoms with Crippen LogP contribution in [0, 0.1) is 6.92 Å². The topological polar surface area (TPSA) is 52.3 Å². The van der Waals surface area contributed by atoms with Crippen molar-refractivity contribution >= 4 is 16.9 Å². The Balaban J connectivity index is 2.53. The Bertz CT molecular complexity index is 502. The zero-order valence-corrected chi connectivity index (χ0v) is 8.61. The molecule has 0 spiro atoms. The number of rotatable bonds is 2. The van der Waals surface area contributed by atoms with Crippen LogP contribution in [-0.2, 0) is 4.74 Å². The van der Waals surface area contributed by atoms with Crippen molar-refractivity contribution in [2.24, 2.45) is 0 Å². The van der Waals surface area contributed by atoms with Crippen molar-refractivity contribution in [3.8, 4) is 0 Å². The van der Waals surface area contributed by atoms with E-state index in [4.69, 9.17) is 9.15 Å². The van der Waals surface area contributed by atoms with Gasteiger partial charge in [-0.25, -0.2) is 4.79 Å². The van der Waals surface area contributed by atoms with E-state index in [0.717, 1.165) is 10.9 Å². The summed E-state index contributed by atoms with van der Waals surface area (Å²) >= 11 is 0. The fraction of sp³-hybridized carbons (Fsp3) is 0.273. The summed E-state index contributed by atoms with van der Waals surface area (Å²) < 4.78 is 10.3. The van der Waals surface area contributed by atoms with E-state index in [-0.39, 0.29) is 5.76 Å². The minimum Gasteiger partial charge on any atom is -0.460 e. The van der Waals surface area contributed by atoms with Gasteiger partial charge in [0.25, 0.3) is 0 Å². The molecule has 0 aromatic carbocycles. The van der Waals surface area contributed by atoms with Crippen molar-refractivity contribution < 1.29 is 13.9 Å². The van der Waals surface area contributed by atoms with Crippen LogP contribution < -0.4 is 0 Å². The Morgan fingerprint density at radius 1 is 1.60 bits per heavy atom. The highest BCUT2D eigenvalue weighted by molar-refractivity contribution is 5.95. The first kappa shape index (κ1) is 9.71. The van der Waals surface area contributed by atoms with Gasteiger partial charge in [-0.05, 0) is 19.9 Å². The number of aryl methyl sites for hydroxylation is 1. The fourth-order valence-electron chi connectivity index (χ4n) is 1.45. The van der Waals surface area contributed by atoms with Crippen LogP contribution in [0.4, 0.5) is 0 Å². The molecule has 0 aliphatic heterocycles. The van der Waals surface area contributed by atoms with Crippen LogP contribution in [0.25, 0.3) is 11.0 Å². The summed E-state index contributed by atoms with van der Waals surface area (Å²) in [4.78, 5) is 15.5. The molecular weight excluding hydrogens is 194 g/mol. The third-order valence-corrected chi connectivity index (χ3v) is 2.20. The number of hydrogen-bond acceptors (Lipinski definition) is 4. The van der Waals surface area contributed by atoms with Crippen molar-refractivity contribution in [1.29, 1.82) is 0 Å². The quantitative estimate of drug-likeness (QED) is 0.706. The maximum Gasteiger partial charge on any atom is 0.374 e. The van der Waals surface area contributed by atoms with Crippen molar-refractivity contribution in [2.45, 2.75) is 13.8 Å². The Kier molecular flexibility index (Phi) is 2.41. The lowest BCUT2D eigenvalue weighted by Gasteiger charge is -1.97. The minimum atomic E-state index is -0.425. The zero-order valence-electron chi connectivity index (χ0n) is 8.61. The third-order valence-electron chi connectivity index (χ3n) is 2.20. The summed E-state index contributed by atoms with van der Waals surface area (Å²) in [5.74, 6) is -0.161. The Hall–Kier alpha value is -1.84. The number of fused-ring (bicyclic) bond motifs is 1. The van der Waals surface area contributed by atoms with Crippen molar-refractivity contribution in [3.63, 3.8) is 0 Å². The number of carbonyl (C=O) groups is 1. The molecule has 78 valence electrons. The van der Waals surface area contributed by atoms with Gasteiger partial charge in [-0.1, -0.05) is 0 Å². The Morgan fingerprint density at radius 2 is 2.40 bits per heavy atom. The highest BCUT2D eigenvalue weighted by Crippen LogP contribution is 2.24. The van der Waals surface area contributed by atoms with E-state index in [0.29, 0.717) is 12.2 Å². The highest BCUT2D eigenvalue weighted by Gasteiger charge is 2.18. The predicted molar refractivity (Wildman–Crippen MR) is 54.7 cm³/mol. The van der Waals surface area contributed by atoms with E-state index >= 15 is 0 Å². The number of esters is 1. The van der Waals surface area contributed by atoms with E-state index in [1.807, 2.05) is 6.92 Å².